The fourth-order valence-electron chi connectivity index (χ4n) is 3.79. The highest BCUT2D eigenvalue weighted by molar-refractivity contribution is 9.10. The summed E-state index contributed by atoms with van der Waals surface area (Å²) < 4.78 is 12.4. The van der Waals surface area contributed by atoms with Gasteiger partial charge < -0.3 is 9.47 Å². The molecule has 36 heavy (non-hydrogen) atoms. The maximum Gasteiger partial charge on any atom is 0.335 e. The number of anilines is 1. The van der Waals surface area contributed by atoms with Gasteiger partial charge in [-0.2, -0.15) is 0 Å². The Morgan fingerprint density at radius 1 is 1.03 bits per heavy atom. The lowest BCUT2D eigenvalue weighted by Crippen LogP contribution is -2.54. The van der Waals surface area contributed by atoms with Crippen LogP contribution in [0.4, 0.5) is 10.5 Å². The highest BCUT2D eigenvalue weighted by Gasteiger charge is 2.37. The summed E-state index contributed by atoms with van der Waals surface area (Å²) in [4.78, 5) is 39.3. The van der Waals surface area contributed by atoms with Crippen LogP contribution in [0.25, 0.3) is 6.08 Å². The van der Waals surface area contributed by atoms with Crippen LogP contribution >= 0.6 is 15.9 Å². The van der Waals surface area contributed by atoms with E-state index in [9.17, 15) is 14.4 Å². The predicted octanol–water partition coefficient (Wildman–Crippen LogP) is 5.43. The summed E-state index contributed by atoms with van der Waals surface area (Å²) in [5.41, 5.74) is 2.46. The molecule has 1 fully saturated rings. The fraction of sp³-hybridized carbons (Fsp3) is 0.107. The first-order chi connectivity index (χ1) is 17.4. The minimum absolute atomic E-state index is 0.181. The van der Waals surface area contributed by atoms with Gasteiger partial charge in [-0.3, -0.25) is 14.9 Å². The van der Waals surface area contributed by atoms with Crippen LogP contribution in [0.15, 0.2) is 89.4 Å². The van der Waals surface area contributed by atoms with Crippen molar-refractivity contribution in [3.8, 4) is 11.5 Å². The number of nitrogens with zero attached hydrogens (tertiary/aromatic N) is 1. The van der Waals surface area contributed by atoms with Crippen LogP contribution in [-0.4, -0.2) is 25.0 Å². The zero-order chi connectivity index (χ0) is 25.7. The van der Waals surface area contributed by atoms with Crippen molar-refractivity contribution in [2.75, 3.05) is 12.0 Å². The second kappa shape index (κ2) is 11.0. The molecule has 3 aromatic carbocycles. The van der Waals surface area contributed by atoms with Crippen molar-refractivity contribution < 1.29 is 23.9 Å². The summed E-state index contributed by atoms with van der Waals surface area (Å²) in [7, 11) is 1.52. The Hall–Kier alpha value is -4.17. The standard InChI is InChI=1S/C28H23BrN2O5/c1-3-8-20-13-19(15-24(35-2)25(20)36-17-18-9-5-4-6-10-18)14-23-26(32)30-28(34)31(27(23)33)22-12-7-11-21(29)16-22/h3-7,9-16H,1,8,17H2,2H3,(H,30,32,34). The van der Waals surface area contributed by atoms with Crippen LogP contribution < -0.4 is 19.7 Å². The number of nitrogens with one attached hydrogen (secondary N) is 1. The van der Waals surface area contributed by atoms with E-state index >= 15 is 0 Å². The molecule has 3 aromatic rings. The normalized spacial score (nSPS) is 14.6. The summed E-state index contributed by atoms with van der Waals surface area (Å²) in [5, 5.41) is 2.24. The molecule has 0 atom stereocenters. The van der Waals surface area contributed by atoms with E-state index < -0.39 is 17.8 Å². The van der Waals surface area contributed by atoms with Gasteiger partial charge in [-0.05, 0) is 54.0 Å². The number of urea groups is 1. The number of allylic oxidation sites excluding steroid dienone is 1. The number of amides is 4. The lowest BCUT2D eigenvalue weighted by Gasteiger charge is -2.26. The van der Waals surface area contributed by atoms with E-state index in [1.807, 2.05) is 30.3 Å². The number of imide groups is 2. The third kappa shape index (κ3) is 5.39. The second-order valence-electron chi connectivity index (χ2n) is 7.92. The van der Waals surface area contributed by atoms with Crippen LogP contribution in [0.5, 0.6) is 11.5 Å². The first-order valence-electron chi connectivity index (χ1n) is 11.1. The first kappa shape index (κ1) is 24.9. The number of rotatable bonds is 8. The number of hydrogen-bond donors (Lipinski definition) is 1. The van der Waals surface area contributed by atoms with Gasteiger partial charge in [-0.1, -0.05) is 58.4 Å². The van der Waals surface area contributed by atoms with Gasteiger partial charge in [0, 0.05) is 10.0 Å². The average Bonchev–Trinajstić information content (AvgIpc) is 2.86. The number of barbiturate groups is 1. The molecular weight excluding hydrogens is 524 g/mol. The molecule has 0 bridgehead atoms. The number of carbonyl (C=O) groups excluding carboxylic acids is 3. The van der Waals surface area contributed by atoms with Crippen LogP contribution in [0.1, 0.15) is 16.7 Å². The van der Waals surface area contributed by atoms with Crippen LogP contribution in [0.3, 0.4) is 0 Å². The molecule has 4 amide bonds. The number of hydrogen-bond acceptors (Lipinski definition) is 5. The smallest absolute Gasteiger partial charge is 0.335 e. The van der Waals surface area contributed by atoms with E-state index in [-0.39, 0.29) is 5.57 Å². The Morgan fingerprint density at radius 2 is 1.81 bits per heavy atom. The van der Waals surface area contributed by atoms with E-state index in [1.165, 1.54) is 13.2 Å². The van der Waals surface area contributed by atoms with Crippen molar-refractivity contribution in [2.45, 2.75) is 13.0 Å². The van der Waals surface area contributed by atoms with Crippen LogP contribution in [-0.2, 0) is 22.6 Å². The molecular formula is C28H23BrN2O5. The topological polar surface area (TPSA) is 84.9 Å². The van der Waals surface area contributed by atoms with Gasteiger partial charge in [0.2, 0.25) is 0 Å². The number of ether oxygens (including phenoxy) is 2. The Labute approximate surface area is 217 Å². The molecule has 0 unspecified atom stereocenters. The molecule has 1 aliphatic heterocycles. The van der Waals surface area contributed by atoms with E-state index in [1.54, 1.807) is 42.5 Å². The zero-order valence-corrected chi connectivity index (χ0v) is 21.1. The Bertz CT molecular complexity index is 1370. The molecule has 7 nitrogen and oxygen atoms in total. The largest absolute Gasteiger partial charge is 0.493 e. The van der Waals surface area contributed by atoms with E-state index in [4.69, 9.17) is 9.47 Å². The van der Waals surface area contributed by atoms with Gasteiger partial charge in [-0.25, -0.2) is 9.69 Å². The predicted molar refractivity (Wildman–Crippen MR) is 141 cm³/mol. The molecule has 4 rings (SSSR count). The fourth-order valence-corrected chi connectivity index (χ4v) is 4.18. The third-order valence-electron chi connectivity index (χ3n) is 5.44. The summed E-state index contributed by atoms with van der Waals surface area (Å²) in [6, 6.07) is 19.1. The van der Waals surface area contributed by atoms with Gasteiger partial charge in [0.25, 0.3) is 11.8 Å². The summed E-state index contributed by atoms with van der Waals surface area (Å²) in [5.74, 6) is -0.505. The third-order valence-corrected chi connectivity index (χ3v) is 5.94. The van der Waals surface area contributed by atoms with Crippen molar-refractivity contribution >= 4 is 45.5 Å². The summed E-state index contributed by atoms with van der Waals surface area (Å²) in [6.07, 6.45) is 3.64. The van der Waals surface area contributed by atoms with Crippen molar-refractivity contribution in [3.63, 3.8) is 0 Å². The molecule has 0 radical (unpaired) electrons. The van der Waals surface area contributed by atoms with Crippen molar-refractivity contribution in [1.29, 1.82) is 0 Å². The van der Waals surface area contributed by atoms with Crippen molar-refractivity contribution in [3.05, 3.63) is 106 Å². The second-order valence-corrected chi connectivity index (χ2v) is 8.83. The lowest BCUT2D eigenvalue weighted by molar-refractivity contribution is -0.122. The molecule has 1 saturated heterocycles. The Balaban J connectivity index is 1.71. The average molecular weight is 547 g/mol. The minimum atomic E-state index is -0.810. The van der Waals surface area contributed by atoms with Crippen LogP contribution in [0.2, 0.25) is 0 Å². The molecule has 182 valence electrons. The van der Waals surface area contributed by atoms with Crippen molar-refractivity contribution in [1.82, 2.24) is 5.32 Å². The quantitative estimate of drug-likeness (QED) is 0.231. The number of halogens is 1. The number of carbonyl (C=O) groups is 3. The van der Waals surface area contributed by atoms with E-state index in [2.05, 4.69) is 27.8 Å². The molecule has 8 heteroatoms. The Morgan fingerprint density at radius 3 is 2.50 bits per heavy atom. The first-order valence-corrected chi connectivity index (χ1v) is 11.9. The number of benzene rings is 3. The SMILES string of the molecule is C=CCc1cc(C=C2C(=O)NC(=O)N(c3cccc(Br)c3)C2=O)cc(OC)c1OCc1ccccc1. The zero-order valence-electron chi connectivity index (χ0n) is 19.5. The molecule has 0 aliphatic carbocycles. The van der Waals surface area contributed by atoms with E-state index in [0.29, 0.717) is 40.3 Å². The molecule has 1 N–H and O–H groups in total. The molecule has 1 heterocycles. The van der Waals surface area contributed by atoms with Gasteiger partial charge in [0.1, 0.15) is 12.2 Å². The summed E-state index contributed by atoms with van der Waals surface area (Å²) >= 11 is 3.34. The van der Waals surface area contributed by atoms with Crippen LogP contribution in [0, 0.1) is 0 Å². The molecule has 0 aromatic heterocycles. The highest BCUT2D eigenvalue weighted by atomic mass is 79.9. The minimum Gasteiger partial charge on any atom is -0.493 e. The number of methoxy groups -OCH3 is 1. The molecule has 0 saturated carbocycles. The van der Waals surface area contributed by atoms with E-state index in [0.717, 1.165) is 16.0 Å². The molecule has 0 spiro atoms. The summed E-state index contributed by atoms with van der Waals surface area (Å²) in [6.45, 7) is 4.16. The van der Waals surface area contributed by atoms with Crippen molar-refractivity contribution in [2.24, 2.45) is 0 Å². The monoisotopic (exact) mass is 546 g/mol. The van der Waals surface area contributed by atoms with Gasteiger partial charge in [0.15, 0.2) is 11.5 Å². The Kier molecular flexibility index (Phi) is 7.65. The maximum absolute atomic E-state index is 13.2. The van der Waals surface area contributed by atoms with Gasteiger partial charge >= 0.3 is 6.03 Å². The maximum atomic E-state index is 13.2. The van der Waals surface area contributed by atoms with Gasteiger partial charge in [0.05, 0.1) is 12.8 Å². The van der Waals surface area contributed by atoms with Gasteiger partial charge in [-0.15, -0.1) is 6.58 Å². The molecule has 1 aliphatic rings. The highest BCUT2D eigenvalue weighted by Crippen LogP contribution is 2.35. The lowest BCUT2D eigenvalue weighted by atomic mass is 10.0.